The molecule has 3 aliphatic heterocycles. The van der Waals surface area contributed by atoms with Crippen molar-refractivity contribution in [1.82, 2.24) is 19.6 Å². The number of quaternary nitrogens is 1. The lowest BCUT2D eigenvalue weighted by molar-refractivity contribution is -0.900. The van der Waals surface area contributed by atoms with Crippen LogP contribution in [-0.2, 0) is 24.0 Å². The Morgan fingerprint density at radius 1 is 1.41 bits per heavy atom. The normalized spacial score (nSPS) is 25.7. The highest BCUT2D eigenvalue weighted by molar-refractivity contribution is 8.00. The number of carbonyl (C=O) groups excluding carboxylic acids is 4. The van der Waals surface area contributed by atoms with Gasteiger partial charge in [0.05, 0.1) is 31.8 Å². The molecule has 14 nitrogen and oxygen atoms in total. The number of carboxylic acids is 1. The molecule has 4 heterocycles. The number of primary amides is 1. The van der Waals surface area contributed by atoms with Crippen molar-refractivity contribution in [3.8, 4) is 0 Å². The number of anilines is 1. The van der Waals surface area contributed by atoms with Crippen LogP contribution in [0.3, 0.4) is 0 Å². The molecule has 0 aromatic carbocycles. The Labute approximate surface area is 220 Å². The number of nitrogens with zero attached hydrogens (tertiary/aromatic N) is 5. The summed E-state index contributed by atoms with van der Waals surface area (Å²) in [4.78, 5) is 59.7. The zero-order valence-corrected chi connectivity index (χ0v) is 21.8. The number of hydrogen-bond acceptors (Lipinski definition) is 12. The summed E-state index contributed by atoms with van der Waals surface area (Å²) in [6, 6.07) is -0.989. The van der Waals surface area contributed by atoms with E-state index in [1.54, 1.807) is 13.0 Å². The number of oxime groups is 1. The summed E-state index contributed by atoms with van der Waals surface area (Å²) in [6.45, 7) is 3.31. The first-order chi connectivity index (χ1) is 17.5. The molecule has 3 aliphatic rings. The lowest BCUT2D eigenvalue weighted by Gasteiger charge is -2.51. The van der Waals surface area contributed by atoms with Gasteiger partial charge in [0.1, 0.15) is 24.6 Å². The van der Waals surface area contributed by atoms with E-state index in [2.05, 4.69) is 19.8 Å². The molecule has 4 rings (SSSR count). The highest BCUT2D eigenvalue weighted by Crippen LogP contribution is 2.41. The zero-order valence-electron chi connectivity index (χ0n) is 20.1. The molecular formula is C21H26N8O6S2. The summed E-state index contributed by atoms with van der Waals surface area (Å²) in [5, 5.41) is 18.0. The van der Waals surface area contributed by atoms with Crippen LogP contribution < -0.4 is 21.9 Å². The first-order valence-corrected chi connectivity index (χ1v) is 13.2. The second kappa shape index (κ2) is 10.5. The van der Waals surface area contributed by atoms with Crippen LogP contribution in [0.1, 0.15) is 19.2 Å². The van der Waals surface area contributed by atoms with Gasteiger partial charge in [-0.1, -0.05) is 5.16 Å². The van der Waals surface area contributed by atoms with Gasteiger partial charge in [-0.15, -0.1) is 11.8 Å². The number of thioether (sulfide) groups is 1. The van der Waals surface area contributed by atoms with Crippen molar-refractivity contribution in [3.05, 3.63) is 28.7 Å². The maximum Gasteiger partial charge on any atom is 0.278 e. The molecule has 37 heavy (non-hydrogen) atoms. The molecule has 0 radical (unpaired) electrons. The van der Waals surface area contributed by atoms with Gasteiger partial charge in [-0.05, 0) is 13.0 Å². The fraction of sp³-hybridized carbons (Fsp3) is 0.476. The van der Waals surface area contributed by atoms with Gasteiger partial charge >= 0.3 is 0 Å². The van der Waals surface area contributed by atoms with Crippen LogP contribution in [0, 0.1) is 0 Å². The van der Waals surface area contributed by atoms with Crippen molar-refractivity contribution in [2.45, 2.75) is 24.8 Å². The third-order valence-corrected chi connectivity index (χ3v) is 8.15. The van der Waals surface area contributed by atoms with Crippen LogP contribution in [0.5, 0.6) is 0 Å². The predicted molar refractivity (Wildman–Crippen MR) is 132 cm³/mol. The number of amides is 3. The molecule has 1 fully saturated rings. The monoisotopic (exact) mass is 550 g/mol. The Kier molecular flexibility index (Phi) is 7.52. The minimum atomic E-state index is -1.46. The van der Waals surface area contributed by atoms with E-state index >= 15 is 0 Å². The van der Waals surface area contributed by atoms with Crippen LogP contribution in [0.2, 0.25) is 0 Å². The van der Waals surface area contributed by atoms with E-state index in [0.717, 1.165) is 16.4 Å². The van der Waals surface area contributed by atoms with E-state index < -0.39 is 35.1 Å². The van der Waals surface area contributed by atoms with Crippen molar-refractivity contribution in [3.63, 3.8) is 0 Å². The lowest BCUT2D eigenvalue weighted by atomic mass is 10.0. The molecule has 1 aromatic heterocycles. The van der Waals surface area contributed by atoms with Gasteiger partial charge in [0.15, 0.2) is 5.13 Å². The summed E-state index contributed by atoms with van der Waals surface area (Å²) >= 11 is 2.21. The highest BCUT2D eigenvalue weighted by atomic mass is 32.2. The summed E-state index contributed by atoms with van der Waals surface area (Å²) in [7, 11) is 1.95. The van der Waals surface area contributed by atoms with Gasteiger partial charge in [-0.25, -0.2) is 0 Å². The van der Waals surface area contributed by atoms with Crippen LogP contribution in [-0.4, -0.2) is 98.6 Å². The number of likely N-dealkylation sites (N-methyl/N-ethyl adjacent to an activating group) is 1. The number of fused-ring (bicyclic) bond motifs is 1. The lowest BCUT2D eigenvalue weighted by Crippen LogP contribution is -2.72. The minimum Gasteiger partial charge on any atom is -0.543 e. The largest absolute Gasteiger partial charge is 0.543 e. The summed E-state index contributed by atoms with van der Waals surface area (Å²) in [5.74, 6) is -2.97. The van der Waals surface area contributed by atoms with E-state index in [-0.39, 0.29) is 29.0 Å². The number of β-lactam (4-membered cyclic amide) rings is 1. The van der Waals surface area contributed by atoms with Crippen molar-refractivity contribution in [2.24, 2.45) is 10.9 Å². The molecule has 0 aliphatic carbocycles. The number of aliphatic carboxylic acids is 1. The number of nitrogen functional groups attached to an aromatic ring is 1. The minimum absolute atomic E-state index is 0.0435. The van der Waals surface area contributed by atoms with E-state index in [1.165, 1.54) is 11.8 Å². The van der Waals surface area contributed by atoms with Crippen LogP contribution >= 0.6 is 23.3 Å². The van der Waals surface area contributed by atoms with Gasteiger partial charge in [0.2, 0.25) is 17.4 Å². The Balaban J connectivity index is 1.51. The third kappa shape index (κ3) is 5.30. The molecule has 0 saturated carbocycles. The quantitative estimate of drug-likeness (QED) is 0.128. The van der Waals surface area contributed by atoms with Gasteiger partial charge in [-0.2, -0.15) is 9.36 Å². The van der Waals surface area contributed by atoms with E-state index in [0.29, 0.717) is 47.4 Å². The molecule has 0 bridgehead atoms. The third-order valence-electron chi connectivity index (χ3n) is 6.27. The van der Waals surface area contributed by atoms with E-state index in [4.69, 9.17) is 16.3 Å². The second-order valence-corrected chi connectivity index (χ2v) is 10.8. The molecular weight excluding hydrogens is 524 g/mol. The van der Waals surface area contributed by atoms with E-state index in [9.17, 15) is 24.3 Å². The summed E-state index contributed by atoms with van der Waals surface area (Å²) in [5.41, 5.74) is 11.7. The van der Waals surface area contributed by atoms with E-state index in [1.807, 2.05) is 7.05 Å². The Hall–Kier alpha value is -3.50. The number of aromatic nitrogens is 2. The first kappa shape index (κ1) is 26.6. The highest BCUT2D eigenvalue weighted by Gasteiger charge is 2.53. The summed E-state index contributed by atoms with van der Waals surface area (Å²) in [6.07, 6.45) is 2.26. The van der Waals surface area contributed by atoms with Crippen LogP contribution in [0.25, 0.3) is 0 Å². The smallest absolute Gasteiger partial charge is 0.278 e. The van der Waals surface area contributed by atoms with Crippen molar-refractivity contribution < 1.29 is 33.6 Å². The maximum atomic E-state index is 13.0. The predicted octanol–water partition coefficient (Wildman–Crippen LogP) is -2.47. The van der Waals surface area contributed by atoms with Crippen LogP contribution in [0.4, 0.5) is 5.13 Å². The first-order valence-electron chi connectivity index (χ1n) is 11.4. The fourth-order valence-corrected chi connectivity index (χ4v) is 6.16. The Bertz CT molecular complexity index is 1240. The summed E-state index contributed by atoms with van der Waals surface area (Å²) < 4.78 is 4.43. The maximum absolute atomic E-state index is 13.0. The second-order valence-electron chi connectivity index (χ2n) is 8.94. The van der Waals surface area contributed by atoms with Crippen molar-refractivity contribution in [2.75, 3.05) is 44.8 Å². The standard InChI is InChI=1S/C21H26N8O6S2/c1-3-35-26-12(16-25-21(23)37-27-16)17(31)24-13-18(32)28-14(20(33)34)11(9-36-19(13)28)8-29(2)6-4-10(5-7-29)15(22)30/h4,13,19H,3,5-9H2,1-2H3,(H5-,22,23,24,25,27,30,31,33,34)/b26-12-/t13-,19-,29?/m1/s1. The molecule has 1 aromatic rings. The molecule has 0 spiro atoms. The Morgan fingerprint density at radius 2 is 2.16 bits per heavy atom. The van der Waals surface area contributed by atoms with Crippen molar-refractivity contribution in [1.29, 1.82) is 0 Å². The average Bonchev–Trinajstić information content (AvgIpc) is 3.28. The van der Waals surface area contributed by atoms with Crippen LogP contribution in [0.15, 0.2) is 28.1 Å². The molecule has 198 valence electrons. The number of nitrogens with one attached hydrogen (secondary N) is 1. The SMILES string of the molecule is CCO/N=C(\C(=O)N[C@@H]1C(=O)N2C(C(=O)[O-])=C(C[N+]3(C)CC=C(C(N)=O)CC3)CS[C@H]12)c1nsc(N)n1. The molecule has 5 N–H and O–H groups in total. The van der Waals surface area contributed by atoms with Gasteiger partial charge < -0.3 is 36.0 Å². The molecule has 16 heteroatoms. The number of hydrogen-bond donors (Lipinski definition) is 3. The van der Waals surface area contributed by atoms with Gasteiger partial charge in [0, 0.05) is 34.9 Å². The molecule has 1 unspecified atom stereocenters. The molecule has 3 amide bonds. The number of carboxylic acid groups (broad SMARTS) is 1. The molecule has 3 atom stereocenters. The average molecular weight is 551 g/mol. The fourth-order valence-electron chi connectivity index (χ4n) is 4.39. The topological polar surface area (TPSA) is 206 Å². The molecule has 1 saturated heterocycles. The number of carbonyl (C=O) groups is 4. The van der Waals surface area contributed by atoms with Gasteiger partial charge in [0.25, 0.3) is 11.8 Å². The van der Waals surface area contributed by atoms with Gasteiger partial charge in [-0.3, -0.25) is 19.3 Å². The number of rotatable bonds is 9. The zero-order chi connectivity index (χ0) is 26.9. The Morgan fingerprint density at radius 3 is 2.73 bits per heavy atom. The van der Waals surface area contributed by atoms with Crippen molar-refractivity contribution >= 4 is 57.8 Å². The number of nitrogens with two attached hydrogens (primary N) is 2.